The Balaban J connectivity index is 1.72. The molecule has 3 aliphatic carbocycles. The number of ketones is 2. The molecule has 42 heavy (non-hydrogen) atoms. The monoisotopic (exact) mass is 571 g/mol. The number of anilines is 2. The van der Waals surface area contributed by atoms with E-state index in [4.69, 9.17) is 11.5 Å². The quantitative estimate of drug-likeness (QED) is 0.183. The predicted molar refractivity (Wildman–Crippen MR) is 156 cm³/mol. The number of fused-ring (bicyclic) bond motifs is 3. The van der Waals surface area contributed by atoms with Crippen molar-refractivity contribution in [2.24, 2.45) is 29.4 Å². The van der Waals surface area contributed by atoms with Gasteiger partial charge in [-0.15, -0.1) is 0 Å². The summed E-state index contributed by atoms with van der Waals surface area (Å²) < 4.78 is 0. The van der Waals surface area contributed by atoms with Crippen LogP contribution in [0, 0.1) is 35.5 Å². The first-order valence-electron chi connectivity index (χ1n) is 13.6. The first-order valence-corrected chi connectivity index (χ1v) is 13.6. The molecule has 1 amide bonds. The van der Waals surface area contributed by atoms with E-state index in [0.717, 1.165) is 0 Å². The number of primary amides is 1. The Morgan fingerprint density at radius 1 is 1.10 bits per heavy atom. The highest BCUT2D eigenvalue weighted by molar-refractivity contribution is 6.23. The molecule has 0 radical (unpaired) electrons. The summed E-state index contributed by atoms with van der Waals surface area (Å²) in [7, 11) is 3.60. The molecule has 3 aliphatic rings. The Hall–Kier alpha value is -4.75. The van der Waals surface area contributed by atoms with E-state index in [1.165, 1.54) is 0 Å². The lowest BCUT2D eigenvalue weighted by molar-refractivity contribution is -0.155. The van der Waals surface area contributed by atoms with Gasteiger partial charge in [-0.3, -0.25) is 14.4 Å². The maximum Gasteiger partial charge on any atom is 0.255 e. The molecule has 1 saturated carbocycles. The van der Waals surface area contributed by atoms with Gasteiger partial charge in [0, 0.05) is 48.4 Å². The standard InChI is InChI=1S/C32H33N3O7/c1-14(2)22-20-12-17-11-19-21(35(3)4)13-16(8-5-15-6-9-18(33)10-7-15)26(36)24(19)28(38)23(17)29(39)32(20,42)30(40)25(27(22)37)31(34)41/h6-7,9-10,13-14,17,20,22,36,38,40,42H,11-12,33H2,1-4H3,(H2,34,41)/t17-,20-,22-,32-/m0/s1. The van der Waals surface area contributed by atoms with Crippen LogP contribution in [-0.2, 0) is 20.8 Å². The number of carbonyl (C=O) groups excluding carboxylic acids is 3. The fourth-order valence-electron chi connectivity index (χ4n) is 6.73. The number of aliphatic hydroxyl groups is 3. The van der Waals surface area contributed by atoms with Crippen LogP contribution < -0.4 is 16.4 Å². The van der Waals surface area contributed by atoms with Crippen LogP contribution in [0.25, 0.3) is 5.76 Å². The minimum Gasteiger partial charge on any atom is -0.508 e. The number of amides is 1. The normalized spacial score (nSPS) is 25.0. The minimum absolute atomic E-state index is 0.00431. The van der Waals surface area contributed by atoms with E-state index < -0.39 is 63.8 Å². The fourth-order valence-corrected chi connectivity index (χ4v) is 6.73. The molecule has 5 rings (SSSR count). The number of rotatable bonds is 3. The zero-order chi connectivity index (χ0) is 30.8. The van der Waals surface area contributed by atoms with Crippen LogP contribution in [0.5, 0.6) is 5.75 Å². The van der Waals surface area contributed by atoms with Crippen molar-refractivity contribution in [1.82, 2.24) is 0 Å². The molecule has 0 bridgehead atoms. The Morgan fingerprint density at radius 3 is 2.31 bits per heavy atom. The molecule has 10 nitrogen and oxygen atoms in total. The maximum atomic E-state index is 14.1. The third kappa shape index (κ3) is 4.11. The van der Waals surface area contributed by atoms with E-state index in [0.29, 0.717) is 22.5 Å². The summed E-state index contributed by atoms with van der Waals surface area (Å²) in [6.45, 7) is 3.45. The van der Waals surface area contributed by atoms with Crippen molar-refractivity contribution >= 4 is 34.6 Å². The van der Waals surface area contributed by atoms with Crippen molar-refractivity contribution < 1.29 is 34.8 Å². The number of aliphatic hydroxyl groups excluding tert-OH is 2. The molecule has 2 aromatic carbocycles. The number of Topliss-reactive ketones (excluding diaryl/α,β-unsaturated/α-hetero) is 2. The Labute approximate surface area is 242 Å². The van der Waals surface area contributed by atoms with Gasteiger partial charge in [0.1, 0.15) is 22.8 Å². The lowest BCUT2D eigenvalue weighted by Gasteiger charge is -2.50. The SMILES string of the molecule is CC(C)[C@@H]1C(=O)C(C(N)=O)=C(O)[C@@]2(O)C(=O)C3=C(O)c4c(O)c(C#Cc5ccc(N)cc5)cc(N(C)C)c4C[C@H]3C[C@@H]12. The summed E-state index contributed by atoms with van der Waals surface area (Å²) in [6.07, 6.45) is 0.254. The molecular weight excluding hydrogens is 538 g/mol. The van der Waals surface area contributed by atoms with Crippen molar-refractivity contribution in [3.8, 4) is 17.6 Å². The molecule has 0 spiro atoms. The molecule has 218 valence electrons. The van der Waals surface area contributed by atoms with Crippen LogP contribution >= 0.6 is 0 Å². The van der Waals surface area contributed by atoms with Gasteiger partial charge in [-0.05, 0) is 60.6 Å². The van der Waals surface area contributed by atoms with Crippen molar-refractivity contribution in [2.75, 3.05) is 24.7 Å². The van der Waals surface area contributed by atoms with Gasteiger partial charge in [-0.1, -0.05) is 25.7 Å². The van der Waals surface area contributed by atoms with Crippen LogP contribution in [0.4, 0.5) is 11.4 Å². The Kier molecular flexibility index (Phi) is 6.82. The average molecular weight is 572 g/mol. The highest BCUT2D eigenvalue weighted by Crippen LogP contribution is 2.55. The second-order valence-corrected chi connectivity index (χ2v) is 11.7. The largest absolute Gasteiger partial charge is 0.508 e. The molecule has 10 heteroatoms. The van der Waals surface area contributed by atoms with Gasteiger partial charge in [0.05, 0.1) is 11.1 Å². The number of hydrogen-bond donors (Lipinski definition) is 6. The van der Waals surface area contributed by atoms with Gasteiger partial charge in [0.2, 0.25) is 5.78 Å². The zero-order valence-corrected chi connectivity index (χ0v) is 23.7. The van der Waals surface area contributed by atoms with E-state index >= 15 is 0 Å². The molecule has 1 fully saturated rings. The topological polar surface area (TPSA) is 187 Å². The number of nitrogen functional groups attached to an aromatic ring is 1. The van der Waals surface area contributed by atoms with Crippen LogP contribution in [0.1, 0.15) is 42.5 Å². The molecule has 0 aromatic heterocycles. The highest BCUT2D eigenvalue weighted by Gasteiger charge is 2.64. The maximum absolute atomic E-state index is 14.1. The molecule has 0 aliphatic heterocycles. The van der Waals surface area contributed by atoms with E-state index in [2.05, 4.69) is 11.8 Å². The summed E-state index contributed by atoms with van der Waals surface area (Å²) in [5.74, 6) is -2.21. The van der Waals surface area contributed by atoms with Crippen LogP contribution in [0.3, 0.4) is 0 Å². The average Bonchev–Trinajstić information content (AvgIpc) is 2.90. The van der Waals surface area contributed by atoms with E-state index in [1.54, 1.807) is 63.2 Å². The molecule has 0 heterocycles. The molecule has 0 saturated heterocycles. The van der Waals surface area contributed by atoms with Gasteiger partial charge in [-0.2, -0.15) is 0 Å². The zero-order valence-electron chi connectivity index (χ0n) is 23.7. The molecule has 4 atom stereocenters. The van der Waals surface area contributed by atoms with Gasteiger partial charge < -0.3 is 36.8 Å². The number of phenolic OH excluding ortho intramolecular Hbond substituents is 1. The summed E-state index contributed by atoms with van der Waals surface area (Å²) in [6, 6.07) is 8.55. The smallest absolute Gasteiger partial charge is 0.255 e. The number of benzene rings is 2. The Bertz CT molecular complexity index is 1670. The fraction of sp³-hybridized carbons (Fsp3) is 0.344. The van der Waals surface area contributed by atoms with Crippen molar-refractivity contribution in [3.63, 3.8) is 0 Å². The summed E-state index contributed by atoms with van der Waals surface area (Å²) >= 11 is 0. The second-order valence-electron chi connectivity index (χ2n) is 11.7. The lowest BCUT2D eigenvalue weighted by atomic mass is 9.54. The van der Waals surface area contributed by atoms with Gasteiger partial charge in [0.15, 0.2) is 11.4 Å². The number of phenols is 1. The Morgan fingerprint density at radius 2 is 1.74 bits per heavy atom. The number of nitrogens with zero attached hydrogens (tertiary/aromatic N) is 1. The van der Waals surface area contributed by atoms with E-state index in [9.17, 15) is 34.8 Å². The second kappa shape index (κ2) is 9.96. The van der Waals surface area contributed by atoms with Gasteiger partial charge >= 0.3 is 0 Å². The molecular formula is C32H33N3O7. The third-order valence-corrected chi connectivity index (χ3v) is 8.68. The third-order valence-electron chi connectivity index (χ3n) is 8.68. The predicted octanol–water partition coefficient (Wildman–Crippen LogP) is 2.35. The number of hydrogen-bond acceptors (Lipinski definition) is 9. The van der Waals surface area contributed by atoms with Crippen molar-refractivity contribution in [1.29, 1.82) is 0 Å². The minimum atomic E-state index is -2.66. The van der Waals surface area contributed by atoms with Crippen LogP contribution in [-0.4, -0.2) is 57.6 Å². The summed E-state index contributed by atoms with van der Waals surface area (Å²) in [5, 5.41) is 45.8. The summed E-state index contributed by atoms with van der Waals surface area (Å²) in [4.78, 5) is 41.4. The van der Waals surface area contributed by atoms with Crippen molar-refractivity contribution in [2.45, 2.75) is 32.3 Å². The van der Waals surface area contributed by atoms with E-state index in [-0.39, 0.29) is 35.3 Å². The number of nitrogens with two attached hydrogens (primary N) is 2. The first kappa shape index (κ1) is 28.8. The first-order chi connectivity index (χ1) is 19.7. The number of carbonyl (C=O) groups is 3. The highest BCUT2D eigenvalue weighted by atomic mass is 16.3. The van der Waals surface area contributed by atoms with Gasteiger partial charge in [0.25, 0.3) is 5.91 Å². The molecule has 2 aromatic rings. The summed E-state index contributed by atoms with van der Waals surface area (Å²) in [5.41, 5.74) is 10.1. The molecule has 0 unspecified atom stereocenters. The lowest BCUT2D eigenvalue weighted by Crippen LogP contribution is -2.62. The van der Waals surface area contributed by atoms with Crippen LogP contribution in [0.2, 0.25) is 0 Å². The van der Waals surface area contributed by atoms with Crippen molar-refractivity contribution in [3.05, 3.63) is 69.5 Å². The van der Waals surface area contributed by atoms with Gasteiger partial charge in [-0.25, -0.2) is 0 Å². The van der Waals surface area contributed by atoms with E-state index in [1.807, 2.05) is 0 Å². The molecule has 8 N–H and O–H groups in total. The van der Waals surface area contributed by atoms with Crippen LogP contribution in [0.15, 0.2) is 47.2 Å². The number of aromatic hydroxyl groups is 1.